The smallest absolute Gasteiger partial charge is 0.379 e. The summed E-state index contributed by atoms with van der Waals surface area (Å²) in [7, 11) is 0. The van der Waals surface area contributed by atoms with Crippen molar-refractivity contribution < 1.29 is 37.9 Å². The third kappa shape index (κ3) is 5.71. The number of carbonyl (C=O) groups is 5. The highest BCUT2D eigenvalue weighted by molar-refractivity contribution is 6.08. The van der Waals surface area contributed by atoms with Crippen molar-refractivity contribution in [3.8, 4) is 5.75 Å². The third-order valence-corrected chi connectivity index (χ3v) is 6.59. The Bertz CT molecular complexity index is 1230. The van der Waals surface area contributed by atoms with Crippen LogP contribution in [0.15, 0.2) is 58.7 Å². The second-order valence-electron chi connectivity index (χ2n) is 9.82. The van der Waals surface area contributed by atoms with Crippen molar-refractivity contribution in [1.82, 2.24) is 4.90 Å². The van der Waals surface area contributed by atoms with Gasteiger partial charge in [-0.2, -0.15) is 0 Å². The molecular weight excluding hydrogens is 478 g/mol. The van der Waals surface area contributed by atoms with Crippen molar-refractivity contribution in [3.63, 3.8) is 0 Å². The molecule has 2 amide bonds. The van der Waals surface area contributed by atoms with Gasteiger partial charge >= 0.3 is 11.9 Å². The number of furan rings is 1. The van der Waals surface area contributed by atoms with Crippen LogP contribution in [-0.2, 0) is 19.1 Å². The maximum absolute atomic E-state index is 13.1. The molecule has 2 heterocycles. The monoisotopic (exact) mass is 507 g/mol. The molecule has 4 rings (SSSR count). The van der Waals surface area contributed by atoms with Gasteiger partial charge in [0.15, 0.2) is 12.4 Å². The van der Waals surface area contributed by atoms with E-state index in [1.165, 1.54) is 36.6 Å². The van der Waals surface area contributed by atoms with Crippen molar-refractivity contribution in [1.29, 1.82) is 0 Å². The number of likely N-dealkylation sites (tertiary alicyclic amines) is 1. The normalized spacial score (nSPS) is 19.9. The zero-order valence-electron chi connectivity index (χ0n) is 21.0. The molecule has 1 fully saturated rings. The van der Waals surface area contributed by atoms with E-state index in [9.17, 15) is 24.0 Å². The van der Waals surface area contributed by atoms with E-state index in [1.54, 1.807) is 6.07 Å². The Kier molecular flexibility index (Phi) is 7.71. The van der Waals surface area contributed by atoms with Gasteiger partial charge in [-0.05, 0) is 68.5 Å². The number of hydrogen-bond donors (Lipinski definition) is 0. The number of nitrogens with zero attached hydrogens (tertiary/aromatic N) is 1. The number of ketones is 1. The Morgan fingerprint density at radius 1 is 1.05 bits per heavy atom. The summed E-state index contributed by atoms with van der Waals surface area (Å²) >= 11 is 0. The quantitative estimate of drug-likeness (QED) is 0.164. The molecule has 1 aromatic carbocycles. The minimum atomic E-state index is -1.08. The molecule has 0 bridgehead atoms. The molecule has 0 saturated carbocycles. The Labute approximate surface area is 214 Å². The fraction of sp³-hybridized carbons (Fsp3) is 0.393. The molecule has 3 unspecified atom stereocenters. The summed E-state index contributed by atoms with van der Waals surface area (Å²) in [6.07, 6.45) is 4.54. The van der Waals surface area contributed by atoms with E-state index in [0.29, 0.717) is 12.8 Å². The number of imide groups is 1. The second-order valence-corrected chi connectivity index (χ2v) is 9.82. The lowest BCUT2D eigenvalue weighted by atomic mass is 9.82. The van der Waals surface area contributed by atoms with Gasteiger partial charge in [-0.25, -0.2) is 9.59 Å². The van der Waals surface area contributed by atoms with Gasteiger partial charge in [0, 0.05) is 5.56 Å². The van der Waals surface area contributed by atoms with Crippen LogP contribution in [0.3, 0.4) is 0 Å². The van der Waals surface area contributed by atoms with Gasteiger partial charge in [0.25, 0.3) is 0 Å². The van der Waals surface area contributed by atoms with E-state index in [1.807, 2.05) is 26.8 Å². The molecule has 9 heteroatoms. The van der Waals surface area contributed by atoms with Gasteiger partial charge in [0.2, 0.25) is 17.6 Å². The van der Waals surface area contributed by atoms with Crippen LogP contribution in [0.5, 0.6) is 5.75 Å². The Hall–Kier alpha value is -4.01. The van der Waals surface area contributed by atoms with Crippen LogP contribution in [-0.4, -0.2) is 47.1 Å². The lowest BCUT2D eigenvalue weighted by Crippen LogP contribution is -2.47. The average Bonchev–Trinajstić information content (AvgIpc) is 3.49. The van der Waals surface area contributed by atoms with E-state index in [2.05, 4.69) is 0 Å². The maximum atomic E-state index is 13.1. The Morgan fingerprint density at radius 3 is 2.41 bits per heavy atom. The lowest BCUT2D eigenvalue weighted by Gasteiger charge is -2.26. The van der Waals surface area contributed by atoms with Gasteiger partial charge in [-0.1, -0.05) is 25.5 Å². The number of esters is 2. The van der Waals surface area contributed by atoms with Gasteiger partial charge in [0.05, 0.1) is 18.1 Å². The molecule has 194 valence electrons. The van der Waals surface area contributed by atoms with Crippen LogP contribution in [0.2, 0.25) is 0 Å². The molecule has 1 saturated heterocycles. The number of benzene rings is 1. The van der Waals surface area contributed by atoms with Crippen molar-refractivity contribution in [3.05, 3.63) is 65.6 Å². The molecular formula is C28H29NO8. The topological polar surface area (TPSA) is 120 Å². The van der Waals surface area contributed by atoms with E-state index < -0.39 is 42.2 Å². The summed E-state index contributed by atoms with van der Waals surface area (Å²) in [5.74, 6) is -3.29. The first-order valence-corrected chi connectivity index (χ1v) is 12.2. The molecule has 2 aromatic rings. The molecule has 1 aromatic heterocycles. The van der Waals surface area contributed by atoms with Gasteiger partial charge in [0.1, 0.15) is 11.8 Å². The molecule has 1 aliphatic heterocycles. The van der Waals surface area contributed by atoms with Crippen molar-refractivity contribution in [2.75, 3.05) is 6.61 Å². The zero-order chi connectivity index (χ0) is 26.7. The number of ether oxygens (including phenoxy) is 2. The van der Waals surface area contributed by atoms with E-state index in [0.717, 1.165) is 10.5 Å². The van der Waals surface area contributed by atoms with E-state index >= 15 is 0 Å². The summed E-state index contributed by atoms with van der Waals surface area (Å²) in [5, 5.41) is 0. The summed E-state index contributed by atoms with van der Waals surface area (Å²) in [5.41, 5.74) is 1.30. The predicted octanol–water partition coefficient (Wildman–Crippen LogP) is 3.98. The van der Waals surface area contributed by atoms with Crippen molar-refractivity contribution in [2.45, 2.75) is 46.1 Å². The highest BCUT2D eigenvalue weighted by Gasteiger charge is 2.52. The van der Waals surface area contributed by atoms with E-state index in [-0.39, 0.29) is 41.2 Å². The van der Waals surface area contributed by atoms with Crippen LogP contribution in [0.25, 0.3) is 0 Å². The molecule has 0 radical (unpaired) electrons. The van der Waals surface area contributed by atoms with Crippen molar-refractivity contribution in [2.24, 2.45) is 17.8 Å². The Balaban J connectivity index is 1.38. The van der Waals surface area contributed by atoms with Gasteiger partial charge < -0.3 is 13.9 Å². The molecule has 0 spiro atoms. The largest absolute Gasteiger partial charge is 0.457 e. The summed E-state index contributed by atoms with van der Waals surface area (Å²) in [6.45, 7) is 5.14. The summed E-state index contributed by atoms with van der Waals surface area (Å²) in [4.78, 5) is 65.0. The zero-order valence-corrected chi connectivity index (χ0v) is 21.0. The first-order chi connectivity index (χ1) is 17.7. The first-order valence-electron chi connectivity index (χ1n) is 12.2. The summed E-state index contributed by atoms with van der Waals surface area (Å²) in [6, 6.07) is 7.72. The number of Topliss-reactive ketones (excluding diaryl/α,β-unsaturated/α-hetero) is 1. The SMILES string of the molecule is CC1=CCC2C(=O)N(C(CC(C)C)C(=O)OCC(=O)c3ccc(OC(=O)c4ccco4)cc3)C(=O)C2C1. The van der Waals surface area contributed by atoms with Crippen molar-refractivity contribution >= 4 is 29.5 Å². The van der Waals surface area contributed by atoms with Crippen LogP contribution in [0.1, 0.15) is 60.9 Å². The number of allylic oxidation sites excluding steroid dienone is 2. The molecule has 1 aliphatic carbocycles. The van der Waals surface area contributed by atoms with Crippen LogP contribution in [0, 0.1) is 17.8 Å². The standard InChI is InChI=1S/C28H29NO8/c1-16(2)13-22(29-25(31)20-11-6-17(3)14-21(20)26(29)32)27(33)36-15-23(30)18-7-9-19(10-8-18)37-28(34)24-5-4-12-35-24/h4-10,12,16,20-22H,11,13-15H2,1-3H3. The summed E-state index contributed by atoms with van der Waals surface area (Å²) < 4.78 is 15.5. The second kappa shape index (κ2) is 10.9. The first kappa shape index (κ1) is 26.1. The third-order valence-electron chi connectivity index (χ3n) is 6.59. The average molecular weight is 508 g/mol. The fourth-order valence-electron chi connectivity index (χ4n) is 4.70. The van der Waals surface area contributed by atoms with Gasteiger partial charge in [-0.15, -0.1) is 0 Å². The minimum absolute atomic E-state index is 0.00720. The molecule has 3 atom stereocenters. The minimum Gasteiger partial charge on any atom is -0.457 e. The highest BCUT2D eigenvalue weighted by Crippen LogP contribution is 2.39. The number of hydrogen-bond acceptors (Lipinski definition) is 8. The molecule has 37 heavy (non-hydrogen) atoms. The number of fused-ring (bicyclic) bond motifs is 1. The van der Waals surface area contributed by atoms with Crippen LogP contribution < -0.4 is 4.74 Å². The number of rotatable bonds is 9. The number of carbonyl (C=O) groups excluding carboxylic acids is 5. The molecule has 0 N–H and O–H groups in total. The molecule has 2 aliphatic rings. The van der Waals surface area contributed by atoms with Gasteiger partial charge in [-0.3, -0.25) is 19.3 Å². The molecule has 9 nitrogen and oxygen atoms in total. The fourth-order valence-corrected chi connectivity index (χ4v) is 4.70. The van der Waals surface area contributed by atoms with Crippen LogP contribution in [0.4, 0.5) is 0 Å². The Morgan fingerprint density at radius 2 is 1.76 bits per heavy atom. The number of amides is 2. The van der Waals surface area contributed by atoms with Crippen LogP contribution >= 0.6 is 0 Å². The maximum Gasteiger partial charge on any atom is 0.379 e. The lowest BCUT2D eigenvalue weighted by molar-refractivity contribution is -0.158. The highest BCUT2D eigenvalue weighted by atomic mass is 16.5. The predicted molar refractivity (Wildman–Crippen MR) is 130 cm³/mol. The van der Waals surface area contributed by atoms with E-state index in [4.69, 9.17) is 13.9 Å².